The van der Waals surface area contributed by atoms with E-state index in [-0.39, 0.29) is 0 Å². The van der Waals surface area contributed by atoms with Crippen LogP contribution >= 0.6 is 0 Å². The molecule has 4 aliphatic rings. The van der Waals surface area contributed by atoms with Gasteiger partial charge in [0, 0.05) is 5.41 Å². The zero-order valence-corrected chi connectivity index (χ0v) is 5.48. The zero-order valence-electron chi connectivity index (χ0n) is 5.48. The molecule has 0 aliphatic heterocycles. The van der Waals surface area contributed by atoms with Gasteiger partial charge in [-0.1, -0.05) is 11.1 Å². The summed E-state index contributed by atoms with van der Waals surface area (Å²) in [5.41, 5.74) is 4.78. The van der Waals surface area contributed by atoms with Crippen LogP contribution in [-0.2, 0) is 0 Å². The van der Waals surface area contributed by atoms with E-state index in [9.17, 15) is 0 Å². The Kier molecular flexibility index (Phi) is 0.314. The quantitative estimate of drug-likeness (QED) is 0.427. The van der Waals surface area contributed by atoms with Crippen molar-refractivity contribution in [3.63, 3.8) is 0 Å². The van der Waals surface area contributed by atoms with Gasteiger partial charge in [0.1, 0.15) is 0 Å². The molecule has 3 saturated carbocycles. The van der Waals surface area contributed by atoms with Crippen molar-refractivity contribution in [1.82, 2.24) is 0 Å². The molecule has 0 heterocycles. The average Bonchev–Trinajstić information content (AvgIpc) is 2.59. The Hall–Kier alpha value is -0.260. The summed E-state index contributed by atoms with van der Waals surface area (Å²) in [4.78, 5) is 0. The minimum absolute atomic E-state index is 0.924. The molecule has 0 aromatic heterocycles. The van der Waals surface area contributed by atoms with E-state index in [0.717, 1.165) is 17.3 Å². The van der Waals surface area contributed by atoms with Crippen molar-refractivity contribution in [2.24, 2.45) is 17.3 Å². The number of hydrogen-bond donors (Lipinski definition) is 0. The molecule has 0 aromatic carbocycles. The van der Waals surface area contributed by atoms with E-state index >= 15 is 0 Å². The van der Waals surface area contributed by atoms with Gasteiger partial charge in [0.15, 0.2) is 0 Å². The smallest absolute Gasteiger partial charge is 0.00211 e. The second kappa shape index (κ2) is 0.744. The first-order chi connectivity index (χ1) is 4.43. The van der Waals surface area contributed by atoms with Crippen LogP contribution < -0.4 is 0 Å². The summed E-state index contributed by atoms with van der Waals surface area (Å²) in [5, 5.41) is 0. The third kappa shape index (κ3) is 0.200. The Balaban J connectivity index is 2.10. The second-order valence-corrected chi connectivity index (χ2v) is 4.25. The van der Waals surface area contributed by atoms with E-state index in [0.29, 0.717) is 0 Å². The highest BCUT2D eigenvalue weighted by Gasteiger charge is 2.81. The minimum atomic E-state index is 0.924. The van der Waals surface area contributed by atoms with Crippen molar-refractivity contribution in [3.8, 4) is 0 Å². The third-order valence-corrected chi connectivity index (χ3v) is 4.17. The number of fused-ring (bicyclic) bond motifs is 3. The van der Waals surface area contributed by atoms with E-state index in [1.807, 2.05) is 11.1 Å². The van der Waals surface area contributed by atoms with Crippen molar-refractivity contribution in [3.05, 3.63) is 11.1 Å². The summed E-state index contributed by atoms with van der Waals surface area (Å²) in [5.74, 6) is 2.32. The Morgan fingerprint density at radius 3 is 3.00 bits per heavy atom. The molecule has 0 nitrogen and oxygen atoms in total. The molecule has 0 aromatic rings. The molecule has 3 unspecified atom stereocenters. The molecule has 3 fully saturated rings. The molecule has 2 bridgehead atoms. The molecule has 1 spiro atoms. The second-order valence-electron chi connectivity index (χ2n) is 4.25. The Morgan fingerprint density at radius 1 is 1.44 bits per heavy atom. The molecular weight excluding hydrogens is 108 g/mol. The van der Waals surface area contributed by atoms with E-state index in [2.05, 4.69) is 0 Å². The van der Waals surface area contributed by atoms with Crippen LogP contribution in [0.25, 0.3) is 0 Å². The molecule has 0 radical (unpaired) electrons. The normalized spacial score (nSPS) is 64.0. The largest absolute Gasteiger partial charge is 0.0698 e. The lowest BCUT2D eigenvalue weighted by Crippen LogP contribution is -2.00. The van der Waals surface area contributed by atoms with Crippen molar-refractivity contribution >= 4 is 0 Å². The van der Waals surface area contributed by atoms with E-state index < -0.39 is 0 Å². The minimum Gasteiger partial charge on any atom is -0.0698 e. The lowest BCUT2D eigenvalue weighted by Gasteiger charge is -2.09. The molecule has 0 amide bonds. The number of allylic oxidation sites excluding steroid dienone is 2. The van der Waals surface area contributed by atoms with Gasteiger partial charge in [-0.2, -0.15) is 0 Å². The fourth-order valence-corrected chi connectivity index (χ4v) is 3.60. The summed E-state index contributed by atoms with van der Waals surface area (Å²) in [6.07, 6.45) is 6.15. The van der Waals surface area contributed by atoms with Gasteiger partial charge in [0.05, 0.1) is 0 Å². The van der Waals surface area contributed by atoms with Gasteiger partial charge < -0.3 is 0 Å². The van der Waals surface area contributed by atoms with Crippen molar-refractivity contribution in [2.75, 3.05) is 0 Å². The maximum absolute atomic E-state index is 1.96. The van der Waals surface area contributed by atoms with E-state index in [1.54, 1.807) is 12.8 Å². The molecule has 46 valence electrons. The highest BCUT2D eigenvalue weighted by Crippen LogP contribution is 2.90. The van der Waals surface area contributed by atoms with Crippen molar-refractivity contribution in [2.45, 2.75) is 25.7 Å². The molecule has 9 heavy (non-hydrogen) atoms. The van der Waals surface area contributed by atoms with Crippen LogP contribution in [0.2, 0.25) is 0 Å². The topological polar surface area (TPSA) is 0 Å². The van der Waals surface area contributed by atoms with Gasteiger partial charge in [0.2, 0.25) is 0 Å². The summed E-state index contributed by atoms with van der Waals surface area (Å²) in [6.45, 7) is 0. The van der Waals surface area contributed by atoms with Crippen LogP contribution in [-0.4, -0.2) is 0 Å². The Bertz CT molecular complexity index is 249. The van der Waals surface area contributed by atoms with Gasteiger partial charge in [0.25, 0.3) is 0 Å². The van der Waals surface area contributed by atoms with E-state index in [1.165, 1.54) is 12.8 Å². The number of rotatable bonds is 0. The SMILES string of the molecule is C1CC2CC1=C1C3CC123. The molecule has 0 saturated heterocycles. The van der Waals surface area contributed by atoms with E-state index in [4.69, 9.17) is 0 Å². The first-order valence-electron chi connectivity index (χ1n) is 4.15. The molecule has 0 heteroatoms. The van der Waals surface area contributed by atoms with Gasteiger partial charge in [-0.25, -0.2) is 0 Å². The lowest BCUT2D eigenvalue weighted by molar-refractivity contribution is 0.444. The summed E-state index contributed by atoms with van der Waals surface area (Å²) < 4.78 is 0. The highest BCUT2D eigenvalue weighted by atomic mass is 14.8. The van der Waals surface area contributed by atoms with Gasteiger partial charge in [-0.05, 0) is 37.5 Å². The van der Waals surface area contributed by atoms with Crippen molar-refractivity contribution in [1.29, 1.82) is 0 Å². The van der Waals surface area contributed by atoms with Crippen LogP contribution in [0.3, 0.4) is 0 Å². The van der Waals surface area contributed by atoms with Crippen LogP contribution in [0.4, 0.5) is 0 Å². The van der Waals surface area contributed by atoms with Crippen molar-refractivity contribution < 1.29 is 0 Å². The predicted molar refractivity (Wildman–Crippen MR) is 34.9 cm³/mol. The zero-order chi connectivity index (χ0) is 5.64. The predicted octanol–water partition coefficient (Wildman–Crippen LogP) is 2.12. The van der Waals surface area contributed by atoms with Crippen LogP contribution in [0, 0.1) is 17.3 Å². The maximum atomic E-state index is 1.96. The fraction of sp³-hybridized carbons (Fsp3) is 0.778. The Morgan fingerprint density at radius 2 is 2.44 bits per heavy atom. The maximum Gasteiger partial charge on any atom is 0.00211 e. The first-order valence-corrected chi connectivity index (χ1v) is 4.15. The molecule has 0 N–H and O–H groups in total. The highest BCUT2D eigenvalue weighted by molar-refractivity contribution is 5.60. The summed E-state index contributed by atoms with van der Waals surface area (Å²) >= 11 is 0. The van der Waals surface area contributed by atoms with Gasteiger partial charge >= 0.3 is 0 Å². The van der Waals surface area contributed by atoms with Gasteiger partial charge in [-0.3, -0.25) is 0 Å². The molecule has 3 atom stereocenters. The molecule has 4 rings (SSSR count). The van der Waals surface area contributed by atoms with Gasteiger partial charge in [-0.15, -0.1) is 0 Å². The Labute approximate surface area is 54.9 Å². The lowest BCUT2D eigenvalue weighted by atomic mass is 9.95. The molecular formula is C9H10. The molecule has 4 aliphatic carbocycles. The van der Waals surface area contributed by atoms with Crippen LogP contribution in [0.15, 0.2) is 11.1 Å². The first kappa shape index (κ1) is 3.80. The van der Waals surface area contributed by atoms with Crippen LogP contribution in [0.1, 0.15) is 25.7 Å². The standard InChI is InChI=1S/C9H10/c1-2-6-3-5(1)8-7-4-9(6,7)8/h6-7H,1-4H2. The fourth-order valence-electron chi connectivity index (χ4n) is 3.60. The third-order valence-electron chi connectivity index (χ3n) is 4.17. The summed E-state index contributed by atoms with van der Waals surface area (Å²) in [7, 11) is 0. The monoisotopic (exact) mass is 118 g/mol. The average molecular weight is 118 g/mol. The number of hydrogen-bond acceptors (Lipinski definition) is 0. The van der Waals surface area contributed by atoms with Crippen LogP contribution in [0.5, 0.6) is 0 Å². The summed E-state index contributed by atoms with van der Waals surface area (Å²) in [6, 6.07) is 0.